The molecule has 0 aromatic heterocycles. The summed E-state index contributed by atoms with van der Waals surface area (Å²) in [7, 11) is 0. The van der Waals surface area contributed by atoms with Crippen molar-refractivity contribution in [2.75, 3.05) is 5.73 Å². The summed E-state index contributed by atoms with van der Waals surface area (Å²) in [4.78, 5) is 12.2. The zero-order chi connectivity index (χ0) is 14.0. The first-order valence-corrected chi connectivity index (χ1v) is 7.11. The summed E-state index contributed by atoms with van der Waals surface area (Å²) in [5.74, 6) is -0.100. The number of halogens is 1. The Labute approximate surface area is 119 Å². The number of carbonyl (C=O) groups is 1. The lowest BCUT2D eigenvalue weighted by Gasteiger charge is -2.35. The zero-order valence-corrected chi connectivity index (χ0v) is 12.3. The highest BCUT2D eigenvalue weighted by Gasteiger charge is 2.29. The fourth-order valence-electron chi connectivity index (χ4n) is 2.82. The van der Waals surface area contributed by atoms with Gasteiger partial charge in [0, 0.05) is 16.8 Å². The Hall–Kier alpha value is -1.22. The van der Waals surface area contributed by atoms with E-state index in [1.54, 1.807) is 18.2 Å². The van der Waals surface area contributed by atoms with E-state index in [0.29, 0.717) is 21.7 Å². The third kappa shape index (κ3) is 3.63. The van der Waals surface area contributed by atoms with Gasteiger partial charge in [-0.3, -0.25) is 4.79 Å². The number of nitrogens with one attached hydrogen (secondary N) is 1. The monoisotopic (exact) mass is 280 g/mol. The first-order chi connectivity index (χ1) is 8.87. The molecule has 1 saturated carbocycles. The maximum atomic E-state index is 12.2. The maximum Gasteiger partial charge on any atom is 0.253 e. The van der Waals surface area contributed by atoms with Gasteiger partial charge in [-0.15, -0.1) is 0 Å². The molecule has 2 rings (SSSR count). The minimum Gasteiger partial charge on any atom is -0.398 e. The number of benzene rings is 1. The summed E-state index contributed by atoms with van der Waals surface area (Å²) in [5.41, 5.74) is 7.08. The Morgan fingerprint density at radius 2 is 2.21 bits per heavy atom. The van der Waals surface area contributed by atoms with E-state index in [-0.39, 0.29) is 11.9 Å². The van der Waals surface area contributed by atoms with Crippen molar-refractivity contribution in [2.45, 2.75) is 45.6 Å². The van der Waals surface area contributed by atoms with Gasteiger partial charge in [-0.25, -0.2) is 0 Å². The molecule has 1 fully saturated rings. The summed E-state index contributed by atoms with van der Waals surface area (Å²) in [6.07, 6.45) is 4.45. The van der Waals surface area contributed by atoms with Crippen LogP contribution >= 0.6 is 11.6 Å². The lowest BCUT2D eigenvalue weighted by Crippen LogP contribution is -2.40. The predicted octanol–water partition coefficient (Wildman–Crippen LogP) is 3.62. The minimum atomic E-state index is -0.100. The van der Waals surface area contributed by atoms with Gasteiger partial charge < -0.3 is 11.1 Å². The molecule has 4 heteroatoms. The van der Waals surface area contributed by atoms with Crippen LogP contribution in [0.5, 0.6) is 0 Å². The third-order valence-electron chi connectivity index (χ3n) is 3.80. The van der Waals surface area contributed by atoms with Crippen LogP contribution in [0.2, 0.25) is 5.02 Å². The first kappa shape index (κ1) is 14.2. The van der Waals surface area contributed by atoms with Crippen molar-refractivity contribution < 1.29 is 4.79 Å². The molecule has 0 bridgehead atoms. The Bertz CT molecular complexity index is 485. The normalized spacial score (nSPS) is 21.9. The second-order valence-corrected chi connectivity index (χ2v) is 6.60. The Balaban J connectivity index is 2.04. The van der Waals surface area contributed by atoms with Gasteiger partial charge >= 0.3 is 0 Å². The molecule has 1 aromatic carbocycles. The molecule has 0 aliphatic heterocycles. The van der Waals surface area contributed by atoms with Crippen molar-refractivity contribution in [1.29, 1.82) is 0 Å². The lowest BCUT2D eigenvalue weighted by atomic mass is 9.75. The Morgan fingerprint density at radius 1 is 1.47 bits per heavy atom. The fraction of sp³-hybridized carbons (Fsp3) is 0.533. The Kier molecular flexibility index (Phi) is 4.04. The molecule has 0 saturated heterocycles. The van der Waals surface area contributed by atoms with Crippen LogP contribution in [-0.4, -0.2) is 11.9 Å². The molecule has 1 aliphatic carbocycles. The fourth-order valence-corrected chi connectivity index (χ4v) is 3.01. The molecular weight excluding hydrogens is 260 g/mol. The van der Waals surface area contributed by atoms with Crippen molar-refractivity contribution in [3.8, 4) is 0 Å². The summed E-state index contributed by atoms with van der Waals surface area (Å²) < 4.78 is 0. The van der Waals surface area contributed by atoms with E-state index in [0.717, 1.165) is 19.3 Å². The number of nitrogen functional groups attached to an aromatic ring is 1. The second-order valence-electron chi connectivity index (χ2n) is 6.16. The van der Waals surface area contributed by atoms with Crippen LogP contribution in [0, 0.1) is 5.41 Å². The van der Waals surface area contributed by atoms with Crippen molar-refractivity contribution in [1.82, 2.24) is 5.32 Å². The van der Waals surface area contributed by atoms with E-state index in [9.17, 15) is 4.79 Å². The van der Waals surface area contributed by atoms with Crippen LogP contribution < -0.4 is 11.1 Å². The second kappa shape index (κ2) is 5.41. The van der Waals surface area contributed by atoms with E-state index < -0.39 is 0 Å². The van der Waals surface area contributed by atoms with Gasteiger partial charge in [0.25, 0.3) is 5.91 Å². The van der Waals surface area contributed by atoms with Crippen LogP contribution in [0.1, 0.15) is 49.9 Å². The highest BCUT2D eigenvalue weighted by molar-refractivity contribution is 6.31. The molecular formula is C15H21ClN2O. The van der Waals surface area contributed by atoms with E-state index >= 15 is 0 Å². The van der Waals surface area contributed by atoms with Gasteiger partial charge in [0.1, 0.15) is 0 Å². The molecule has 0 radical (unpaired) electrons. The molecule has 3 N–H and O–H groups in total. The SMILES string of the molecule is CC1(C)CCCC(NC(=O)c2ccc(Cl)cc2N)C1. The van der Waals surface area contributed by atoms with Crippen LogP contribution in [0.3, 0.4) is 0 Å². The number of nitrogens with two attached hydrogens (primary N) is 1. The standard InChI is InChI=1S/C15H21ClN2O/c1-15(2)7-3-4-11(9-15)18-14(19)12-6-5-10(16)8-13(12)17/h5-6,8,11H,3-4,7,9,17H2,1-2H3,(H,18,19). The quantitative estimate of drug-likeness (QED) is 0.813. The smallest absolute Gasteiger partial charge is 0.253 e. The molecule has 1 amide bonds. The highest BCUT2D eigenvalue weighted by Crippen LogP contribution is 2.35. The highest BCUT2D eigenvalue weighted by atomic mass is 35.5. The van der Waals surface area contributed by atoms with Gasteiger partial charge in [0.2, 0.25) is 0 Å². The summed E-state index contributed by atoms with van der Waals surface area (Å²) in [5, 5.41) is 3.64. The van der Waals surface area contributed by atoms with Gasteiger partial charge in [-0.1, -0.05) is 31.9 Å². The Morgan fingerprint density at radius 3 is 2.84 bits per heavy atom. The molecule has 0 heterocycles. The molecule has 104 valence electrons. The van der Waals surface area contributed by atoms with Crippen molar-refractivity contribution >= 4 is 23.2 Å². The van der Waals surface area contributed by atoms with Crippen LogP contribution in [0.15, 0.2) is 18.2 Å². The minimum absolute atomic E-state index is 0.100. The van der Waals surface area contributed by atoms with E-state index in [1.165, 1.54) is 6.42 Å². The average Bonchev–Trinajstić information content (AvgIpc) is 2.27. The van der Waals surface area contributed by atoms with Gasteiger partial charge in [0.05, 0.1) is 5.56 Å². The lowest BCUT2D eigenvalue weighted by molar-refractivity contribution is 0.0903. The maximum absolute atomic E-state index is 12.2. The summed E-state index contributed by atoms with van der Waals surface area (Å²) >= 11 is 5.84. The predicted molar refractivity (Wildman–Crippen MR) is 79.4 cm³/mol. The molecule has 1 unspecified atom stereocenters. The number of hydrogen-bond donors (Lipinski definition) is 2. The number of carbonyl (C=O) groups excluding carboxylic acids is 1. The van der Waals surface area contributed by atoms with Crippen molar-refractivity contribution in [3.05, 3.63) is 28.8 Å². The summed E-state index contributed by atoms with van der Waals surface area (Å²) in [6, 6.07) is 5.23. The van der Waals surface area contributed by atoms with Crippen LogP contribution in [0.4, 0.5) is 5.69 Å². The van der Waals surface area contributed by atoms with E-state index in [2.05, 4.69) is 19.2 Å². The summed E-state index contributed by atoms with van der Waals surface area (Å²) in [6.45, 7) is 4.50. The van der Waals surface area contributed by atoms with Crippen molar-refractivity contribution in [3.63, 3.8) is 0 Å². The van der Waals surface area contributed by atoms with Crippen molar-refractivity contribution in [2.24, 2.45) is 5.41 Å². The molecule has 3 nitrogen and oxygen atoms in total. The van der Waals surface area contributed by atoms with Gasteiger partial charge in [-0.05, 0) is 42.9 Å². The molecule has 0 spiro atoms. The molecule has 1 atom stereocenters. The largest absolute Gasteiger partial charge is 0.398 e. The topological polar surface area (TPSA) is 55.1 Å². The number of hydrogen-bond acceptors (Lipinski definition) is 2. The van der Waals surface area contributed by atoms with Gasteiger partial charge in [-0.2, -0.15) is 0 Å². The number of anilines is 1. The number of amides is 1. The van der Waals surface area contributed by atoms with Crippen LogP contribution in [0.25, 0.3) is 0 Å². The molecule has 1 aromatic rings. The first-order valence-electron chi connectivity index (χ1n) is 6.73. The average molecular weight is 281 g/mol. The third-order valence-corrected chi connectivity index (χ3v) is 4.03. The van der Waals surface area contributed by atoms with E-state index in [1.807, 2.05) is 0 Å². The van der Waals surface area contributed by atoms with Crippen LogP contribution in [-0.2, 0) is 0 Å². The molecule has 19 heavy (non-hydrogen) atoms. The van der Waals surface area contributed by atoms with E-state index in [4.69, 9.17) is 17.3 Å². The molecule has 1 aliphatic rings. The number of rotatable bonds is 2. The van der Waals surface area contributed by atoms with Gasteiger partial charge in [0.15, 0.2) is 0 Å². The zero-order valence-electron chi connectivity index (χ0n) is 11.5.